The van der Waals surface area contributed by atoms with Crippen molar-refractivity contribution in [1.29, 1.82) is 16.2 Å². The Hall–Kier alpha value is -3.08. The van der Waals surface area contributed by atoms with Gasteiger partial charge in [-0.05, 0) is 0 Å². The van der Waals surface area contributed by atoms with Crippen LogP contribution in [0.15, 0.2) is 0 Å². The molecule has 0 saturated heterocycles. The van der Waals surface area contributed by atoms with E-state index in [1.165, 1.54) is 0 Å². The first-order valence-electron chi connectivity index (χ1n) is 8.38. The summed E-state index contributed by atoms with van der Waals surface area (Å²) >= 11 is 0. The molecule has 200 valence electrons. The van der Waals surface area contributed by atoms with Crippen molar-refractivity contribution in [1.82, 2.24) is 0 Å². The molecular weight excluding hydrogens is 471 g/mol. The molecule has 0 radical (unpaired) electrons. The molecule has 0 aliphatic rings. The Morgan fingerprint density at radius 3 is 0.727 bits per heavy atom. The largest absolute Gasteiger partial charge is 0.544 e. The maximum Gasteiger partial charge on any atom is 0.322 e. The maximum absolute atomic E-state index is 9.33. The molecule has 0 unspecified atom stereocenters. The van der Waals surface area contributed by atoms with E-state index in [0.29, 0.717) is 0 Å². The van der Waals surface area contributed by atoms with Crippen molar-refractivity contribution < 1.29 is 69.9 Å². The van der Waals surface area contributed by atoms with Crippen LogP contribution in [0.2, 0.25) is 0 Å². The smallest absolute Gasteiger partial charge is 0.322 e. The Morgan fingerprint density at radius 2 is 0.727 bits per heavy atom. The minimum absolute atomic E-state index is 0.222. The van der Waals surface area contributed by atoms with Crippen molar-refractivity contribution >= 4 is 50.1 Å². The second kappa shape index (κ2) is 51.5. The molecule has 17 nitrogen and oxygen atoms in total. The zero-order chi connectivity index (χ0) is 29.1. The molecule has 0 atom stereocenters. The van der Waals surface area contributed by atoms with Crippen molar-refractivity contribution in [3.63, 3.8) is 0 Å². The highest BCUT2D eigenvalue weighted by Crippen LogP contribution is 2.26. The van der Waals surface area contributed by atoms with Crippen LogP contribution in [0.1, 0.15) is 6.92 Å². The number of hydrogen-bond acceptors (Lipinski definition) is 11. The third-order valence-electron chi connectivity index (χ3n) is 0.354. The highest BCUT2D eigenvalue weighted by atomic mass is 31.2. The average molecular weight is 510 g/mol. The average Bonchev–Trinajstić information content (AvgIpc) is 2.62. The van der Waals surface area contributed by atoms with E-state index in [2.05, 4.69) is 0 Å². The summed E-state index contributed by atoms with van der Waals surface area (Å²) in [6.45, 7) is 1.94. The maximum atomic E-state index is 9.33. The summed E-state index contributed by atoms with van der Waals surface area (Å²) in [5, 5.41) is 58.1. The van der Waals surface area contributed by atoms with Crippen LogP contribution in [0.4, 0.5) is 0 Å². The van der Waals surface area contributed by atoms with E-state index in [1.807, 2.05) is 58.2 Å². The summed E-state index contributed by atoms with van der Waals surface area (Å²) in [7, 11) is 8.36. The van der Waals surface area contributed by atoms with Gasteiger partial charge in [0.2, 0.25) is 0 Å². The number of nitrogens with two attached hydrogens (primary N) is 3. The van der Waals surface area contributed by atoms with E-state index in [4.69, 9.17) is 65.6 Å². The van der Waals surface area contributed by atoms with Gasteiger partial charge in [0.25, 0.3) is 5.97 Å². The van der Waals surface area contributed by atoms with Crippen LogP contribution >= 0.6 is 7.60 Å². The van der Waals surface area contributed by atoms with Crippen molar-refractivity contribution in [2.75, 3.05) is 49.0 Å². The second-order valence-corrected chi connectivity index (χ2v) is 6.15. The number of rotatable bonds is 3. The Bertz CT molecular complexity index is 469. The monoisotopic (exact) mass is 510 g/mol. The molecule has 0 spiro atoms. The summed E-state index contributed by atoms with van der Waals surface area (Å²) in [5.74, 6) is -5.19. The molecule has 0 aliphatic carbocycles. The first-order chi connectivity index (χ1) is 14.8. The third kappa shape index (κ3) is 2460. The summed E-state index contributed by atoms with van der Waals surface area (Å²) in [6.07, 6.45) is 0.667. The molecule has 0 fully saturated rings. The number of quaternary nitrogens is 3. The van der Waals surface area contributed by atoms with Crippen LogP contribution in [0, 0.1) is 16.2 Å². The molecule has 33 heavy (non-hydrogen) atoms. The highest BCUT2D eigenvalue weighted by Gasteiger charge is 1.95. The van der Waals surface area contributed by atoms with Gasteiger partial charge >= 0.3 is 7.60 Å². The fraction of sp³-hybridized carbons (Fsp3) is 0.533. The molecule has 0 rings (SSSR count). The fourth-order valence-electron chi connectivity index (χ4n) is 0. The van der Waals surface area contributed by atoms with Crippen LogP contribution in [-0.2, 0) is 23.7 Å². The third-order valence-corrected chi connectivity index (χ3v) is 0.354. The molecule has 0 aliphatic heterocycles. The predicted molar refractivity (Wildman–Crippen MR) is 114 cm³/mol. The lowest BCUT2D eigenvalue weighted by Crippen LogP contribution is -2.74. The van der Waals surface area contributed by atoms with Gasteiger partial charge < -0.3 is 76.8 Å². The summed E-state index contributed by atoms with van der Waals surface area (Å²) in [5.41, 5.74) is 0. The summed E-state index contributed by atoms with van der Waals surface area (Å²) < 4.78 is 9.33. The zero-order valence-electron chi connectivity index (χ0n) is 20.0. The zero-order valence-corrected chi connectivity index (χ0v) is 20.9. The number of carboxylic acids is 4. The van der Waals surface area contributed by atoms with E-state index in [-0.39, 0.29) is 18.6 Å². The molecule has 0 heterocycles. The SMILES string of the molecule is CC(=O)O.CP(=O)(O)O.C[NH2+]C.C[NH2+]C.C[NH2+]C.N=CC(=O)[O-].N=CC(=O)[O-].N=CC(=O)[O-]. The lowest BCUT2D eigenvalue weighted by atomic mass is 10.8. The minimum Gasteiger partial charge on any atom is -0.544 e. The molecule has 12 N–H and O–H groups in total. The highest BCUT2D eigenvalue weighted by molar-refractivity contribution is 7.50. The predicted octanol–water partition coefficient (Wildman–Crippen LogP) is -8.53. The Labute approximate surface area is 192 Å². The van der Waals surface area contributed by atoms with Crippen LogP contribution in [-0.4, -0.2) is 106 Å². The topological polar surface area (TPSA) is 337 Å². The quantitative estimate of drug-likeness (QED) is 0.127. The van der Waals surface area contributed by atoms with Crippen molar-refractivity contribution in [3.8, 4) is 0 Å². The van der Waals surface area contributed by atoms with Crippen LogP contribution in [0.5, 0.6) is 0 Å². The second-order valence-electron chi connectivity index (χ2n) is 4.48. The lowest BCUT2D eigenvalue weighted by Gasteiger charge is -1.84. The van der Waals surface area contributed by atoms with Gasteiger partial charge in [0, 0.05) is 32.2 Å². The van der Waals surface area contributed by atoms with E-state index >= 15 is 0 Å². The van der Waals surface area contributed by atoms with Crippen molar-refractivity contribution in [2.45, 2.75) is 6.92 Å². The lowest BCUT2D eigenvalue weighted by molar-refractivity contribution is -0.597. The molecule has 0 bridgehead atoms. The van der Waals surface area contributed by atoms with Crippen LogP contribution in [0.25, 0.3) is 0 Å². The Balaban J connectivity index is -0.0000000365. The standard InChI is InChI=1S/3C2H3NO2.3C2H7N.C2H4O2.CH5O3P/c3*3-1-2(4)5;3*1-3-2;1-2(3)4;1-5(2,3)4/h3*1,3H,(H,4,5);3*3H,1-2H3;1H3,(H,3,4);1H3,(H2,2,3,4). The van der Waals surface area contributed by atoms with Crippen molar-refractivity contribution in [3.05, 3.63) is 0 Å². The first kappa shape index (κ1) is 52.1. The van der Waals surface area contributed by atoms with Crippen molar-refractivity contribution in [2.24, 2.45) is 0 Å². The van der Waals surface area contributed by atoms with Gasteiger partial charge in [-0.2, -0.15) is 0 Å². The molecule has 0 aromatic rings. The van der Waals surface area contributed by atoms with Gasteiger partial charge in [-0.25, -0.2) is 0 Å². The van der Waals surface area contributed by atoms with E-state index in [0.717, 1.165) is 13.6 Å². The van der Waals surface area contributed by atoms with Crippen LogP contribution < -0.4 is 31.3 Å². The van der Waals surface area contributed by atoms with Crippen LogP contribution in [0.3, 0.4) is 0 Å². The summed E-state index contributed by atoms with van der Waals surface area (Å²) in [4.78, 5) is 51.3. The number of nitrogens with one attached hydrogen (secondary N) is 3. The van der Waals surface area contributed by atoms with Gasteiger partial charge in [-0.1, -0.05) is 0 Å². The molecule has 0 aromatic carbocycles. The Morgan fingerprint density at radius 1 is 0.697 bits per heavy atom. The van der Waals surface area contributed by atoms with Gasteiger partial charge in [-0.15, -0.1) is 0 Å². The Kier molecular flexibility index (Phi) is 81.3. The van der Waals surface area contributed by atoms with Gasteiger partial charge in [0.15, 0.2) is 0 Å². The number of aliphatic carboxylic acids is 4. The van der Waals surface area contributed by atoms with Gasteiger partial charge in [0.05, 0.1) is 60.2 Å². The normalized spacial score (nSPS) is 7.09. The minimum atomic E-state index is -3.64. The number of carbonyl (C=O) groups excluding carboxylic acids is 3. The van der Waals surface area contributed by atoms with E-state index < -0.39 is 31.5 Å². The molecular formula is C15H39N6O11P. The number of hydrogen-bond donors (Lipinski definition) is 9. The van der Waals surface area contributed by atoms with Gasteiger partial charge in [0.1, 0.15) is 0 Å². The van der Waals surface area contributed by atoms with E-state index in [9.17, 15) is 4.57 Å². The first-order valence-corrected chi connectivity index (χ1v) is 10.4. The van der Waals surface area contributed by atoms with Gasteiger partial charge in [-0.3, -0.25) is 9.36 Å². The molecule has 18 heteroatoms. The molecule has 0 aromatic heterocycles. The summed E-state index contributed by atoms with van der Waals surface area (Å²) in [6, 6.07) is 0. The number of carboxylic acid groups (broad SMARTS) is 4. The molecule has 0 saturated carbocycles. The van der Waals surface area contributed by atoms with E-state index in [1.54, 1.807) is 0 Å². The number of carbonyl (C=O) groups is 4. The molecule has 0 amide bonds. The fourth-order valence-corrected chi connectivity index (χ4v) is 0.